The molecular formula is C22H23FN2O4. The van der Waals surface area contributed by atoms with Gasteiger partial charge in [0.15, 0.2) is 5.76 Å². The standard InChI is InChI=1S/C22H23FN2O4/c1-2-11-24(22(27)20-6-4-13-29-20)16-21(26)25(15-19-5-3-12-28-19)14-17-7-9-18(23)10-8-17/h3-10,12-13H,2,11,14-16H2,1H3. The van der Waals surface area contributed by atoms with E-state index in [4.69, 9.17) is 8.83 Å². The second kappa shape index (κ2) is 9.73. The summed E-state index contributed by atoms with van der Waals surface area (Å²) in [4.78, 5) is 28.8. The summed E-state index contributed by atoms with van der Waals surface area (Å²) in [6.07, 6.45) is 3.67. The molecule has 0 spiro atoms. The molecular weight excluding hydrogens is 375 g/mol. The largest absolute Gasteiger partial charge is 0.467 e. The number of halogens is 1. The maximum absolute atomic E-state index is 13.2. The van der Waals surface area contributed by atoms with Crippen LogP contribution in [0.25, 0.3) is 0 Å². The van der Waals surface area contributed by atoms with Gasteiger partial charge in [-0.2, -0.15) is 0 Å². The SMILES string of the molecule is CCCN(CC(=O)N(Cc1ccc(F)cc1)Cc1ccco1)C(=O)c1ccco1. The van der Waals surface area contributed by atoms with Gasteiger partial charge in [0.05, 0.1) is 19.1 Å². The molecule has 2 aromatic heterocycles. The summed E-state index contributed by atoms with van der Waals surface area (Å²) in [5.41, 5.74) is 0.783. The molecule has 3 rings (SSSR count). The highest BCUT2D eigenvalue weighted by Crippen LogP contribution is 2.14. The third-order valence-electron chi connectivity index (χ3n) is 4.41. The van der Waals surface area contributed by atoms with E-state index in [9.17, 15) is 14.0 Å². The minimum absolute atomic E-state index is 0.0880. The molecule has 7 heteroatoms. The number of hydrogen-bond donors (Lipinski definition) is 0. The summed E-state index contributed by atoms with van der Waals surface area (Å²) in [6, 6.07) is 12.7. The summed E-state index contributed by atoms with van der Waals surface area (Å²) in [5, 5.41) is 0. The summed E-state index contributed by atoms with van der Waals surface area (Å²) >= 11 is 0. The van der Waals surface area contributed by atoms with Crippen molar-refractivity contribution in [3.05, 3.63) is 84.0 Å². The van der Waals surface area contributed by atoms with Crippen LogP contribution in [0.2, 0.25) is 0 Å². The first-order valence-corrected chi connectivity index (χ1v) is 9.44. The second-order valence-corrected chi connectivity index (χ2v) is 6.66. The molecule has 0 radical (unpaired) electrons. The van der Waals surface area contributed by atoms with Gasteiger partial charge in [-0.05, 0) is 48.4 Å². The van der Waals surface area contributed by atoms with Gasteiger partial charge in [-0.3, -0.25) is 9.59 Å². The average molecular weight is 398 g/mol. The molecule has 0 saturated heterocycles. The van der Waals surface area contributed by atoms with Gasteiger partial charge in [0, 0.05) is 13.1 Å². The van der Waals surface area contributed by atoms with Gasteiger partial charge in [0.25, 0.3) is 5.91 Å². The minimum Gasteiger partial charge on any atom is -0.467 e. The highest BCUT2D eigenvalue weighted by atomic mass is 19.1. The number of nitrogens with zero attached hydrogens (tertiary/aromatic N) is 2. The highest BCUT2D eigenvalue weighted by molar-refractivity contribution is 5.94. The van der Waals surface area contributed by atoms with Crippen molar-refractivity contribution in [2.24, 2.45) is 0 Å². The molecule has 0 aliphatic rings. The highest BCUT2D eigenvalue weighted by Gasteiger charge is 2.24. The number of rotatable bonds is 9. The van der Waals surface area contributed by atoms with E-state index in [1.807, 2.05) is 6.92 Å². The molecule has 2 amide bonds. The quantitative estimate of drug-likeness (QED) is 0.544. The molecule has 0 unspecified atom stereocenters. The number of hydrogen-bond acceptors (Lipinski definition) is 4. The first-order valence-electron chi connectivity index (χ1n) is 9.44. The first-order chi connectivity index (χ1) is 14.1. The van der Waals surface area contributed by atoms with Crippen molar-refractivity contribution < 1.29 is 22.8 Å². The fraction of sp³-hybridized carbons (Fsp3) is 0.273. The van der Waals surface area contributed by atoms with Crippen LogP contribution >= 0.6 is 0 Å². The zero-order valence-corrected chi connectivity index (χ0v) is 16.2. The zero-order chi connectivity index (χ0) is 20.6. The number of benzene rings is 1. The smallest absolute Gasteiger partial charge is 0.290 e. The molecule has 0 bridgehead atoms. The maximum Gasteiger partial charge on any atom is 0.290 e. The van der Waals surface area contributed by atoms with Crippen LogP contribution in [0.4, 0.5) is 4.39 Å². The van der Waals surface area contributed by atoms with Gasteiger partial charge in [0.2, 0.25) is 5.91 Å². The Morgan fingerprint density at radius 1 is 0.931 bits per heavy atom. The molecule has 1 aromatic carbocycles. The average Bonchev–Trinajstić information content (AvgIpc) is 3.42. The second-order valence-electron chi connectivity index (χ2n) is 6.66. The predicted molar refractivity (Wildman–Crippen MR) is 104 cm³/mol. The summed E-state index contributed by atoms with van der Waals surface area (Å²) in [5.74, 6) is -0.0814. The minimum atomic E-state index is -0.337. The molecule has 0 saturated carbocycles. The Hall–Kier alpha value is -3.35. The van der Waals surface area contributed by atoms with E-state index in [-0.39, 0.29) is 43.0 Å². The lowest BCUT2D eigenvalue weighted by molar-refractivity contribution is -0.133. The lowest BCUT2D eigenvalue weighted by Crippen LogP contribution is -2.42. The van der Waals surface area contributed by atoms with Crippen molar-refractivity contribution in [3.8, 4) is 0 Å². The van der Waals surface area contributed by atoms with E-state index in [0.29, 0.717) is 18.7 Å². The Bertz CT molecular complexity index is 905. The van der Waals surface area contributed by atoms with Crippen molar-refractivity contribution in [1.29, 1.82) is 0 Å². The van der Waals surface area contributed by atoms with E-state index in [1.54, 1.807) is 47.6 Å². The Balaban J connectivity index is 1.76. The van der Waals surface area contributed by atoms with Crippen LogP contribution in [0, 0.1) is 5.82 Å². The molecule has 152 valence electrons. The van der Waals surface area contributed by atoms with Crippen LogP contribution < -0.4 is 0 Å². The van der Waals surface area contributed by atoms with E-state index in [0.717, 1.165) is 5.56 Å². The zero-order valence-electron chi connectivity index (χ0n) is 16.2. The number of carbonyl (C=O) groups is 2. The van der Waals surface area contributed by atoms with Crippen molar-refractivity contribution in [3.63, 3.8) is 0 Å². The van der Waals surface area contributed by atoms with E-state index in [1.165, 1.54) is 23.3 Å². The topological polar surface area (TPSA) is 66.9 Å². The number of amides is 2. The Morgan fingerprint density at radius 2 is 1.66 bits per heavy atom. The third-order valence-corrected chi connectivity index (χ3v) is 4.41. The van der Waals surface area contributed by atoms with Crippen LogP contribution in [-0.2, 0) is 17.9 Å². The van der Waals surface area contributed by atoms with E-state index < -0.39 is 0 Å². The van der Waals surface area contributed by atoms with Gasteiger partial charge in [-0.1, -0.05) is 19.1 Å². The summed E-state index contributed by atoms with van der Waals surface area (Å²) < 4.78 is 23.8. The van der Waals surface area contributed by atoms with Crippen molar-refractivity contribution in [2.45, 2.75) is 26.4 Å². The lowest BCUT2D eigenvalue weighted by atomic mass is 10.2. The molecule has 0 fully saturated rings. The Kier molecular flexibility index (Phi) is 6.84. The normalized spacial score (nSPS) is 10.7. The van der Waals surface area contributed by atoms with Crippen LogP contribution in [0.5, 0.6) is 0 Å². The number of carbonyl (C=O) groups excluding carboxylic acids is 2. The molecule has 0 aliphatic heterocycles. The first kappa shape index (κ1) is 20.4. The summed E-state index contributed by atoms with van der Waals surface area (Å²) in [6.45, 7) is 2.80. The molecule has 0 atom stereocenters. The Labute approximate surface area is 168 Å². The van der Waals surface area contributed by atoms with Crippen molar-refractivity contribution in [1.82, 2.24) is 9.80 Å². The van der Waals surface area contributed by atoms with Crippen molar-refractivity contribution in [2.75, 3.05) is 13.1 Å². The molecule has 3 aromatic rings. The lowest BCUT2D eigenvalue weighted by Gasteiger charge is -2.26. The van der Waals surface area contributed by atoms with Gasteiger partial charge < -0.3 is 18.6 Å². The van der Waals surface area contributed by atoms with Crippen LogP contribution in [0.1, 0.15) is 35.2 Å². The Morgan fingerprint density at radius 3 is 2.28 bits per heavy atom. The third kappa shape index (κ3) is 5.57. The van der Waals surface area contributed by atoms with Gasteiger partial charge in [-0.25, -0.2) is 4.39 Å². The number of furan rings is 2. The van der Waals surface area contributed by atoms with Gasteiger partial charge in [0.1, 0.15) is 18.1 Å². The van der Waals surface area contributed by atoms with Crippen LogP contribution in [0.15, 0.2) is 69.9 Å². The van der Waals surface area contributed by atoms with Crippen molar-refractivity contribution >= 4 is 11.8 Å². The fourth-order valence-corrected chi connectivity index (χ4v) is 2.97. The van der Waals surface area contributed by atoms with Gasteiger partial charge in [-0.15, -0.1) is 0 Å². The molecule has 29 heavy (non-hydrogen) atoms. The molecule has 0 N–H and O–H groups in total. The van der Waals surface area contributed by atoms with E-state index in [2.05, 4.69) is 0 Å². The predicted octanol–water partition coefficient (Wildman–Crippen LogP) is 4.09. The molecule has 0 aliphatic carbocycles. The van der Waals surface area contributed by atoms with Crippen LogP contribution in [0.3, 0.4) is 0 Å². The monoisotopic (exact) mass is 398 g/mol. The summed E-state index contributed by atoms with van der Waals surface area (Å²) in [7, 11) is 0. The van der Waals surface area contributed by atoms with Gasteiger partial charge >= 0.3 is 0 Å². The fourth-order valence-electron chi connectivity index (χ4n) is 2.97. The molecule has 6 nitrogen and oxygen atoms in total. The van der Waals surface area contributed by atoms with E-state index >= 15 is 0 Å². The van der Waals surface area contributed by atoms with Crippen LogP contribution in [-0.4, -0.2) is 34.7 Å². The molecule has 2 heterocycles. The maximum atomic E-state index is 13.2.